The molecule has 4 aliphatic carbocycles. The van der Waals surface area contributed by atoms with E-state index in [1.165, 1.54) is 57.8 Å². The van der Waals surface area contributed by atoms with E-state index in [2.05, 4.69) is 11.8 Å². The molecular formula is C21H37NO2. The Morgan fingerprint density at radius 3 is 2.42 bits per heavy atom. The van der Waals surface area contributed by atoms with Crippen LogP contribution in [0.4, 0.5) is 0 Å². The highest BCUT2D eigenvalue weighted by atomic mass is 16.5. The number of β-amino-alcohol motifs (C(OH)–C–C–N with tert-alkyl or cyclic N) is 1. The van der Waals surface area contributed by atoms with E-state index in [1.807, 2.05) is 0 Å². The van der Waals surface area contributed by atoms with Crippen molar-refractivity contribution in [1.29, 1.82) is 0 Å². The zero-order valence-electron chi connectivity index (χ0n) is 15.6. The first-order chi connectivity index (χ1) is 11.6. The summed E-state index contributed by atoms with van der Waals surface area (Å²) in [6.07, 6.45) is 12.5. The molecule has 1 heterocycles. The first kappa shape index (κ1) is 17.3. The standard InChI is InChI=1S/C21H37NO2/c1-16-3-2-5-22(13-16)14-20(23)15-24-6-4-21-10-17-7-18(11-21)9-19(8-17)12-21/h16-20,23H,2-15H2,1H3/t16-,17?,18?,19?,20-,21?/m0/s1. The van der Waals surface area contributed by atoms with E-state index in [1.54, 1.807) is 0 Å². The number of hydrogen-bond acceptors (Lipinski definition) is 3. The van der Waals surface area contributed by atoms with Gasteiger partial charge in [0.25, 0.3) is 0 Å². The smallest absolute Gasteiger partial charge is 0.0900 e. The Morgan fingerprint density at radius 2 is 1.79 bits per heavy atom. The normalized spacial score (nSPS) is 43.2. The fourth-order valence-electron chi connectivity index (χ4n) is 6.91. The van der Waals surface area contributed by atoms with Crippen LogP contribution >= 0.6 is 0 Å². The number of ether oxygens (including phenoxy) is 1. The summed E-state index contributed by atoms with van der Waals surface area (Å²) in [5.74, 6) is 3.87. The second-order valence-electron chi connectivity index (χ2n) is 9.90. The van der Waals surface area contributed by atoms with Gasteiger partial charge in [-0.2, -0.15) is 0 Å². The van der Waals surface area contributed by atoms with Crippen molar-refractivity contribution in [1.82, 2.24) is 4.90 Å². The molecule has 2 atom stereocenters. The van der Waals surface area contributed by atoms with E-state index in [-0.39, 0.29) is 6.10 Å². The van der Waals surface area contributed by atoms with Crippen molar-refractivity contribution in [3.63, 3.8) is 0 Å². The second kappa shape index (κ2) is 7.25. The number of aliphatic hydroxyl groups excluding tert-OH is 1. The summed E-state index contributed by atoms with van der Waals surface area (Å²) in [7, 11) is 0. The molecule has 0 radical (unpaired) electrons. The van der Waals surface area contributed by atoms with Gasteiger partial charge in [0.15, 0.2) is 0 Å². The predicted molar refractivity (Wildman–Crippen MR) is 96.9 cm³/mol. The molecule has 1 N–H and O–H groups in total. The average molecular weight is 336 g/mol. The molecule has 5 rings (SSSR count). The van der Waals surface area contributed by atoms with E-state index in [9.17, 15) is 5.11 Å². The minimum absolute atomic E-state index is 0.313. The number of likely N-dealkylation sites (tertiary alicyclic amines) is 1. The lowest BCUT2D eigenvalue weighted by Crippen LogP contribution is -2.46. The highest BCUT2D eigenvalue weighted by Gasteiger charge is 2.50. The van der Waals surface area contributed by atoms with Gasteiger partial charge >= 0.3 is 0 Å². The lowest BCUT2D eigenvalue weighted by molar-refractivity contribution is -0.0743. The van der Waals surface area contributed by atoms with Crippen LogP contribution in [0.25, 0.3) is 0 Å². The molecule has 5 fully saturated rings. The molecule has 0 amide bonds. The van der Waals surface area contributed by atoms with Gasteiger partial charge in [0.05, 0.1) is 12.7 Å². The van der Waals surface area contributed by atoms with Crippen LogP contribution in [-0.2, 0) is 4.74 Å². The van der Waals surface area contributed by atoms with E-state index in [4.69, 9.17) is 4.74 Å². The Balaban J connectivity index is 1.16. The largest absolute Gasteiger partial charge is 0.389 e. The van der Waals surface area contributed by atoms with Crippen molar-refractivity contribution in [2.45, 2.75) is 70.8 Å². The molecule has 3 nitrogen and oxygen atoms in total. The van der Waals surface area contributed by atoms with Gasteiger partial charge in [0, 0.05) is 19.7 Å². The zero-order valence-corrected chi connectivity index (χ0v) is 15.6. The fraction of sp³-hybridized carbons (Fsp3) is 1.00. The maximum Gasteiger partial charge on any atom is 0.0900 e. The van der Waals surface area contributed by atoms with Crippen LogP contribution in [-0.4, -0.2) is 49.0 Å². The molecule has 5 aliphatic rings. The van der Waals surface area contributed by atoms with E-state index in [0.717, 1.165) is 49.9 Å². The molecule has 24 heavy (non-hydrogen) atoms. The van der Waals surface area contributed by atoms with Crippen molar-refractivity contribution in [3.8, 4) is 0 Å². The van der Waals surface area contributed by atoms with Gasteiger partial charge in [0.1, 0.15) is 0 Å². The van der Waals surface area contributed by atoms with Crippen LogP contribution in [0.1, 0.15) is 64.7 Å². The molecule has 1 saturated heterocycles. The Kier molecular flexibility index (Phi) is 5.22. The number of aliphatic hydroxyl groups is 1. The van der Waals surface area contributed by atoms with Crippen LogP contribution in [0.5, 0.6) is 0 Å². The molecule has 0 aromatic heterocycles. The summed E-state index contributed by atoms with van der Waals surface area (Å²) in [4.78, 5) is 2.42. The van der Waals surface area contributed by atoms with Crippen molar-refractivity contribution < 1.29 is 9.84 Å². The molecule has 1 aliphatic heterocycles. The molecule has 138 valence electrons. The first-order valence-electron chi connectivity index (χ1n) is 10.6. The first-order valence-corrected chi connectivity index (χ1v) is 10.6. The highest BCUT2D eigenvalue weighted by Crippen LogP contribution is 2.61. The minimum Gasteiger partial charge on any atom is -0.389 e. The van der Waals surface area contributed by atoms with Crippen LogP contribution in [0, 0.1) is 29.1 Å². The molecule has 4 saturated carbocycles. The third kappa shape index (κ3) is 3.99. The van der Waals surface area contributed by atoms with Gasteiger partial charge in [-0.05, 0) is 93.4 Å². The second-order valence-corrected chi connectivity index (χ2v) is 9.90. The summed E-state index contributed by atoms with van der Waals surface area (Å²) in [6.45, 7) is 6.79. The minimum atomic E-state index is -0.313. The maximum absolute atomic E-state index is 10.3. The molecule has 0 unspecified atom stereocenters. The lowest BCUT2D eigenvalue weighted by atomic mass is 9.49. The van der Waals surface area contributed by atoms with Gasteiger partial charge in [0.2, 0.25) is 0 Å². The summed E-state index contributed by atoms with van der Waals surface area (Å²) in [5, 5.41) is 10.3. The number of nitrogens with zero attached hydrogens (tertiary/aromatic N) is 1. The van der Waals surface area contributed by atoms with Crippen molar-refractivity contribution in [2.75, 3.05) is 32.8 Å². The average Bonchev–Trinajstić information content (AvgIpc) is 2.50. The van der Waals surface area contributed by atoms with Gasteiger partial charge < -0.3 is 14.7 Å². The molecule has 3 heteroatoms. The number of rotatable bonds is 7. The Hall–Kier alpha value is -0.120. The third-order valence-corrected chi connectivity index (χ3v) is 7.46. The van der Waals surface area contributed by atoms with Crippen LogP contribution in [0.2, 0.25) is 0 Å². The number of piperidine rings is 1. The zero-order chi connectivity index (χ0) is 16.6. The highest BCUT2D eigenvalue weighted by molar-refractivity contribution is 5.01. The number of hydrogen-bond donors (Lipinski definition) is 1. The summed E-state index contributed by atoms with van der Waals surface area (Å²) in [6, 6.07) is 0. The molecule has 0 aromatic rings. The van der Waals surface area contributed by atoms with Crippen molar-refractivity contribution >= 4 is 0 Å². The molecule has 0 spiro atoms. The molecular weight excluding hydrogens is 298 g/mol. The summed E-state index contributed by atoms with van der Waals surface area (Å²) >= 11 is 0. The van der Waals surface area contributed by atoms with E-state index >= 15 is 0 Å². The van der Waals surface area contributed by atoms with E-state index in [0.29, 0.717) is 12.0 Å². The van der Waals surface area contributed by atoms with Gasteiger partial charge in [-0.25, -0.2) is 0 Å². The van der Waals surface area contributed by atoms with Crippen molar-refractivity contribution in [3.05, 3.63) is 0 Å². The Labute approximate surface area is 148 Å². The molecule has 0 aromatic carbocycles. The predicted octanol–water partition coefficient (Wildman–Crippen LogP) is 3.70. The Morgan fingerprint density at radius 1 is 1.12 bits per heavy atom. The van der Waals surface area contributed by atoms with Crippen LogP contribution < -0.4 is 0 Å². The van der Waals surface area contributed by atoms with Gasteiger partial charge in [-0.1, -0.05) is 6.92 Å². The van der Waals surface area contributed by atoms with E-state index < -0.39 is 0 Å². The summed E-state index contributed by atoms with van der Waals surface area (Å²) in [5.41, 5.74) is 0.613. The van der Waals surface area contributed by atoms with Gasteiger partial charge in [-0.15, -0.1) is 0 Å². The quantitative estimate of drug-likeness (QED) is 0.720. The topological polar surface area (TPSA) is 32.7 Å². The fourth-order valence-corrected chi connectivity index (χ4v) is 6.91. The van der Waals surface area contributed by atoms with Crippen molar-refractivity contribution in [2.24, 2.45) is 29.1 Å². The summed E-state index contributed by atoms with van der Waals surface area (Å²) < 4.78 is 5.93. The van der Waals surface area contributed by atoms with Gasteiger partial charge in [-0.3, -0.25) is 0 Å². The lowest BCUT2D eigenvalue weighted by Gasteiger charge is -2.57. The third-order valence-electron chi connectivity index (χ3n) is 7.46. The molecule has 4 bridgehead atoms. The maximum atomic E-state index is 10.3. The van der Waals surface area contributed by atoms with Crippen LogP contribution in [0.3, 0.4) is 0 Å². The monoisotopic (exact) mass is 335 g/mol. The van der Waals surface area contributed by atoms with Crippen LogP contribution in [0.15, 0.2) is 0 Å². The SMILES string of the molecule is C[C@H]1CCCN(C[C@H](O)COCCC23CC4CC(CC(C4)C2)C3)C1. The Bertz CT molecular complexity index is 389.